The number of hydrogen-bond donors (Lipinski definition) is 1. The summed E-state index contributed by atoms with van der Waals surface area (Å²) in [7, 11) is 0. The predicted octanol–water partition coefficient (Wildman–Crippen LogP) is 1.39. The zero-order valence-corrected chi connectivity index (χ0v) is 10.1. The van der Waals surface area contributed by atoms with Crippen LogP contribution in [0.4, 0.5) is 0 Å². The molecule has 1 aliphatic carbocycles. The zero-order valence-electron chi connectivity index (χ0n) is 10.1. The van der Waals surface area contributed by atoms with E-state index in [0.717, 1.165) is 56.7 Å². The topological polar surface area (TPSA) is 61.0 Å². The summed E-state index contributed by atoms with van der Waals surface area (Å²) in [6, 6.07) is 0.141. The van der Waals surface area contributed by atoms with E-state index in [1.165, 1.54) is 5.69 Å². The fraction of sp³-hybridized carbons (Fsp3) is 0.692. The number of hydrogen-bond acceptors (Lipinski definition) is 4. The molecule has 1 fully saturated rings. The molecule has 0 saturated carbocycles. The first-order valence-electron chi connectivity index (χ1n) is 6.51. The third kappa shape index (κ3) is 2.33. The van der Waals surface area contributed by atoms with E-state index in [1.54, 1.807) is 0 Å². The van der Waals surface area contributed by atoms with E-state index < -0.39 is 0 Å². The molecular weight excluding hydrogens is 214 g/mol. The second kappa shape index (κ2) is 4.70. The Hall–Kier alpha value is -1.00. The largest absolute Gasteiger partial charge is 0.381 e. The van der Waals surface area contributed by atoms with Crippen LogP contribution in [0.15, 0.2) is 6.20 Å². The third-order valence-corrected chi connectivity index (χ3v) is 3.77. The van der Waals surface area contributed by atoms with Crippen LogP contribution in [0.2, 0.25) is 0 Å². The zero-order chi connectivity index (χ0) is 11.7. The average molecular weight is 233 g/mol. The Morgan fingerprint density at radius 3 is 3.18 bits per heavy atom. The Kier molecular flexibility index (Phi) is 3.07. The molecule has 2 unspecified atom stereocenters. The molecule has 0 radical (unpaired) electrons. The molecule has 17 heavy (non-hydrogen) atoms. The van der Waals surface area contributed by atoms with Crippen LogP contribution in [0.25, 0.3) is 0 Å². The number of aromatic nitrogens is 2. The third-order valence-electron chi connectivity index (χ3n) is 3.77. The monoisotopic (exact) mass is 233 g/mol. The fourth-order valence-corrected chi connectivity index (χ4v) is 2.72. The van der Waals surface area contributed by atoms with Crippen LogP contribution in [0, 0.1) is 5.92 Å². The Labute approximate surface area is 102 Å². The van der Waals surface area contributed by atoms with Crippen molar-refractivity contribution in [3.05, 3.63) is 23.3 Å². The first-order chi connectivity index (χ1) is 8.33. The lowest BCUT2D eigenvalue weighted by molar-refractivity contribution is 0.185. The molecule has 3 rings (SSSR count). The van der Waals surface area contributed by atoms with Crippen molar-refractivity contribution in [1.82, 2.24) is 9.97 Å². The summed E-state index contributed by atoms with van der Waals surface area (Å²) >= 11 is 0. The summed E-state index contributed by atoms with van der Waals surface area (Å²) in [5.74, 6) is 1.57. The average Bonchev–Trinajstić information content (AvgIpc) is 2.82. The first kappa shape index (κ1) is 11.1. The van der Waals surface area contributed by atoms with Gasteiger partial charge in [-0.25, -0.2) is 9.97 Å². The van der Waals surface area contributed by atoms with Crippen molar-refractivity contribution in [2.45, 2.75) is 38.1 Å². The minimum Gasteiger partial charge on any atom is -0.381 e. The van der Waals surface area contributed by atoms with Gasteiger partial charge in [0.05, 0.1) is 0 Å². The molecule has 1 saturated heterocycles. The number of aryl methyl sites for hydroxylation is 1. The number of rotatable bonds is 2. The molecular formula is C13H19N3O. The molecule has 0 aromatic carbocycles. The molecule has 0 amide bonds. The number of fused-ring (bicyclic) bond motifs is 1. The second-order valence-electron chi connectivity index (χ2n) is 5.12. The van der Waals surface area contributed by atoms with Gasteiger partial charge >= 0.3 is 0 Å². The standard InChI is InChI=1S/C13H19N3O/c14-11-2-1-3-12-10(11)7-15-13(16-12)6-9-4-5-17-8-9/h7,9,11H,1-6,8,14H2. The highest BCUT2D eigenvalue weighted by Gasteiger charge is 2.21. The van der Waals surface area contributed by atoms with Gasteiger partial charge in [-0.2, -0.15) is 0 Å². The molecule has 1 aromatic heterocycles. The van der Waals surface area contributed by atoms with Gasteiger partial charge in [0.25, 0.3) is 0 Å². The van der Waals surface area contributed by atoms with Crippen molar-refractivity contribution in [2.24, 2.45) is 11.7 Å². The molecule has 2 atom stereocenters. The van der Waals surface area contributed by atoms with Gasteiger partial charge in [-0.1, -0.05) is 0 Å². The van der Waals surface area contributed by atoms with Crippen LogP contribution < -0.4 is 5.73 Å². The smallest absolute Gasteiger partial charge is 0.128 e. The van der Waals surface area contributed by atoms with Crippen molar-refractivity contribution in [3.8, 4) is 0 Å². The summed E-state index contributed by atoms with van der Waals surface area (Å²) in [4.78, 5) is 9.14. The summed E-state index contributed by atoms with van der Waals surface area (Å²) in [5.41, 5.74) is 8.39. The molecule has 0 bridgehead atoms. The Morgan fingerprint density at radius 1 is 1.41 bits per heavy atom. The second-order valence-corrected chi connectivity index (χ2v) is 5.12. The minimum absolute atomic E-state index is 0.141. The quantitative estimate of drug-likeness (QED) is 0.838. The fourth-order valence-electron chi connectivity index (χ4n) is 2.72. The predicted molar refractivity (Wildman–Crippen MR) is 64.5 cm³/mol. The van der Waals surface area contributed by atoms with E-state index in [9.17, 15) is 0 Å². The Balaban J connectivity index is 1.77. The van der Waals surface area contributed by atoms with Crippen molar-refractivity contribution in [1.29, 1.82) is 0 Å². The van der Waals surface area contributed by atoms with E-state index >= 15 is 0 Å². The summed E-state index contributed by atoms with van der Waals surface area (Å²) in [6.45, 7) is 1.75. The van der Waals surface area contributed by atoms with Gasteiger partial charge in [0, 0.05) is 43.1 Å². The highest BCUT2D eigenvalue weighted by molar-refractivity contribution is 5.24. The van der Waals surface area contributed by atoms with E-state index in [4.69, 9.17) is 10.5 Å². The van der Waals surface area contributed by atoms with Gasteiger partial charge in [-0.3, -0.25) is 0 Å². The first-order valence-corrected chi connectivity index (χ1v) is 6.51. The maximum absolute atomic E-state index is 6.06. The molecule has 1 aliphatic heterocycles. The van der Waals surface area contributed by atoms with Gasteiger partial charge < -0.3 is 10.5 Å². The van der Waals surface area contributed by atoms with Gasteiger partial charge in [-0.15, -0.1) is 0 Å². The lowest BCUT2D eigenvalue weighted by atomic mass is 9.93. The molecule has 2 N–H and O–H groups in total. The molecule has 4 nitrogen and oxygen atoms in total. The number of nitrogens with zero attached hydrogens (tertiary/aromatic N) is 2. The van der Waals surface area contributed by atoms with Crippen molar-refractivity contribution >= 4 is 0 Å². The normalized spacial score (nSPS) is 28.1. The lowest BCUT2D eigenvalue weighted by Crippen LogP contribution is -2.20. The molecule has 0 spiro atoms. The van der Waals surface area contributed by atoms with Gasteiger partial charge in [0.1, 0.15) is 5.82 Å². The van der Waals surface area contributed by atoms with Crippen molar-refractivity contribution < 1.29 is 4.74 Å². The van der Waals surface area contributed by atoms with Crippen LogP contribution >= 0.6 is 0 Å². The summed E-state index contributed by atoms with van der Waals surface area (Å²) in [6.07, 6.45) is 7.29. The molecule has 2 heterocycles. The van der Waals surface area contributed by atoms with Gasteiger partial charge in [-0.05, 0) is 31.6 Å². The lowest BCUT2D eigenvalue weighted by Gasteiger charge is -2.21. The maximum Gasteiger partial charge on any atom is 0.128 e. The molecule has 1 aromatic rings. The molecule has 92 valence electrons. The number of ether oxygens (including phenoxy) is 1. The van der Waals surface area contributed by atoms with Crippen molar-refractivity contribution in [2.75, 3.05) is 13.2 Å². The van der Waals surface area contributed by atoms with E-state index in [-0.39, 0.29) is 6.04 Å². The Morgan fingerprint density at radius 2 is 2.35 bits per heavy atom. The maximum atomic E-state index is 6.06. The SMILES string of the molecule is NC1CCCc2nc(CC3CCOC3)ncc21. The minimum atomic E-state index is 0.141. The summed E-state index contributed by atoms with van der Waals surface area (Å²) in [5, 5.41) is 0. The highest BCUT2D eigenvalue weighted by atomic mass is 16.5. The van der Waals surface area contributed by atoms with Crippen LogP contribution in [0.1, 0.15) is 42.4 Å². The van der Waals surface area contributed by atoms with Crippen LogP contribution in [0.5, 0.6) is 0 Å². The number of nitrogens with two attached hydrogens (primary N) is 1. The van der Waals surface area contributed by atoms with Crippen LogP contribution in [-0.2, 0) is 17.6 Å². The Bertz CT molecular complexity index is 402. The molecule has 2 aliphatic rings. The van der Waals surface area contributed by atoms with Gasteiger partial charge in [0.2, 0.25) is 0 Å². The van der Waals surface area contributed by atoms with E-state index in [1.807, 2.05) is 6.20 Å². The molecule has 4 heteroatoms. The van der Waals surface area contributed by atoms with Crippen LogP contribution in [0.3, 0.4) is 0 Å². The van der Waals surface area contributed by atoms with E-state index in [0.29, 0.717) is 5.92 Å². The van der Waals surface area contributed by atoms with Crippen LogP contribution in [-0.4, -0.2) is 23.2 Å². The van der Waals surface area contributed by atoms with Crippen molar-refractivity contribution in [3.63, 3.8) is 0 Å². The highest BCUT2D eigenvalue weighted by Crippen LogP contribution is 2.26. The summed E-state index contributed by atoms with van der Waals surface area (Å²) < 4.78 is 5.38. The van der Waals surface area contributed by atoms with Gasteiger partial charge in [0.15, 0.2) is 0 Å². The van der Waals surface area contributed by atoms with E-state index in [2.05, 4.69) is 9.97 Å².